The first-order valence-electron chi connectivity index (χ1n) is 13.0. The number of aromatic nitrogens is 2. The van der Waals surface area contributed by atoms with Crippen molar-refractivity contribution in [2.45, 2.75) is 36.9 Å². The molecule has 3 aromatic rings. The van der Waals surface area contributed by atoms with Gasteiger partial charge in [0.25, 0.3) is 11.8 Å². The van der Waals surface area contributed by atoms with Crippen molar-refractivity contribution in [1.82, 2.24) is 30.2 Å². The minimum atomic E-state index is -3.22. The third-order valence-corrected chi connectivity index (χ3v) is 7.99. The molecule has 2 aliphatic heterocycles. The highest BCUT2D eigenvalue weighted by atomic mass is 19.3. The van der Waals surface area contributed by atoms with Crippen LogP contribution in [0.5, 0.6) is 0 Å². The number of halogens is 3. The molecular weight excluding hydrogens is 525 g/mol. The molecule has 40 heavy (non-hydrogen) atoms. The molecule has 4 amide bonds. The maximum Gasteiger partial charge on any atom is 0.325 e. The zero-order valence-corrected chi connectivity index (χ0v) is 21.7. The van der Waals surface area contributed by atoms with Crippen molar-refractivity contribution in [2.24, 2.45) is 7.05 Å². The summed E-state index contributed by atoms with van der Waals surface area (Å²) in [6.45, 7) is -1.68. The summed E-state index contributed by atoms with van der Waals surface area (Å²) < 4.78 is 44.6. The van der Waals surface area contributed by atoms with Crippen LogP contribution < -0.4 is 10.6 Å². The van der Waals surface area contributed by atoms with Crippen LogP contribution in [0.1, 0.15) is 23.1 Å². The third kappa shape index (κ3) is 4.32. The van der Waals surface area contributed by atoms with Gasteiger partial charge in [0.05, 0.1) is 12.7 Å². The number of hydrogen-bond acceptors (Lipinski definition) is 5. The second kappa shape index (κ2) is 9.47. The Labute approximate surface area is 227 Å². The van der Waals surface area contributed by atoms with E-state index >= 15 is 0 Å². The average Bonchev–Trinajstić information content (AvgIpc) is 3.67. The van der Waals surface area contributed by atoms with E-state index in [1.807, 2.05) is 25.4 Å². The van der Waals surface area contributed by atoms with Gasteiger partial charge in [0.1, 0.15) is 23.9 Å². The Hall–Kier alpha value is -4.19. The van der Waals surface area contributed by atoms with E-state index in [1.54, 1.807) is 16.9 Å². The van der Waals surface area contributed by atoms with E-state index in [4.69, 9.17) is 0 Å². The summed E-state index contributed by atoms with van der Waals surface area (Å²) in [6.07, 6.45) is 4.47. The molecule has 6 rings (SSSR count). The molecule has 208 valence electrons. The molecule has 2 atom stereocenters. The van der Waals surface area contributed by atoms with Crippen LogP contribution >= 0.6 is 0 Å². The van der Waals surface area contributed by atoms with Gasteiger partial charge in [-0.05, 0) is 47.2 Å². The van der Waals surface area contributed by atoms with Gasteiger partial charge in [-0.1, -0.05) is 30.3 Å². The maximum absolute atomic E-state index is 14.7. The van der Waals surface area contributed by atoms with Crippen molar-refractivity contribution in [3.63, 3.8) is 0 Å². The fourth-order valence-electron chi connectivity index (χ4n) is 5.91. The first-order valence-corrected chi connectivity index (χ1v) is 13.0. The number of rotatable bonds is 6. The summed E-state index contributed by atoms with van der Waals surface area (Å²) in [6, 6.07) is 8.58. The molecule has 3 aliphatic rings. The molecule has 2 unspecified atom stereocenters. The van der Waals surface area contributed by atoms with Gasteiger partial charge in [-0.2, -0.15) is 5.10 Å². The molecule has 3 heterocycles. The van der Waals surface area contributed by atoms with Gasteiger partial charge in [-0.3, -0.25) is 19.2 Å². The molecule has 9 nitrogen and oxygen atoms in total. The lowest BCUT2D eigenvalue weighted by atomic mass is 9.90. The number of aryl methyl sites for hydroxylation is 2. The molecule has 0 radical (unpaired) electrons. The zero-order valence-electron chi connectivity index (χ0n) is 21.7. The molecule has 0 bridgehead atoms. The Morgan fingerprint density at radius 1 is 1.15 bits per heavy atom. The van der Waals surface area contributed by atoms with E-state index in [0.717, 1.165) is 26.5 Å². The van der Waals surface area contributed by atoms with Gasteiger partial charge in [-0.15, -0.1) is 0 Å². The number of amides is 4. The largest absolute Gasteiger partial charge is 0.326 e. The van der Waals surface area contributed by atoms with E-state index in [9.17, 15) is 27.6 Å². The van der Waals surface area contributed by atoms with Crippen molar-refractivity contribution in [3.8, 4) is 11.1 Å². The quantitative estimate of drug-likeness (QED) is 0.458. The molecule has 2 fully saturated rings. The molecular formula is C28H27F3N6O3. The fourth-order valence-corrected chi connectivity index (χ4v) is 5.91. The van der Waals surface area contributed by atoms with Gasteiger partial charge >= 0.3 is 6.03 Å². The first kappa shape index (κ1) is 26.1. The normalized spacial score (nSPS) is 23.1. The first-order chi connectivity index (χ1) is 19.1. The van der Waals surface area contributed by atoms with Crippen LogP contribution in [0.15, 0.2) is 54.9 Å². The molecule has 2 aromatic carbocycles. The molecule has 1 aliphatic carbocycles. The summed E-state index contributed by atoms with van der Waals surface area (Å²) in [4.78, 5) is 42.1. The summed E-state index contributed by atoms with van der Waals surface area (Å²) in [5.41, 5.74) is 2.52. The molecule has 0 saturated carbocycles. The van der Waals surface area contributed by atoms with Crippen molar-refractivity contribution < 1.29 is 27.6 Å². The van der Waals surface area contributed by atoms with Crippen molar-refractivity contribution in [3.05, 3.63) is 77.4 Å². The van der Waals surface area contributed by atoms with Crippen LogP contribution in [0.25, 0.3) is 11.1 Å². The Morgan fingerprint density at radius 2 is 1.93 bits per heavy atom. The van der Waals surface area contributed by atoms with Gasteiger partial charge in [0.15, 0.2) is 0 Å². The third-order valence-electron chi connectivity index (χ3n) is 7.99. The second-order valence-electron chi connectivity index (χ2n) is 10.6. The van der Waals surface area contributed by atoms with Gasteiger partial charge in [0.2, 0.25) is 5.91 Å². The molecule has 1 aromatic heterocycles. The van der Waals surface area contributed by atoms with E-state index in [0.29, 0.717) is 24.0 Å². The van der Waals surface area contributed by atoms with Crippen LogP contribution in [0, 0.1) is 5.82 Å². The van der Waals surface area contributed by atoms with E-state index < -0.39 is 54.3 Å². The van der Waals surface area contributed by atoms with Gasteiger partial charge < -0.3 is 15.5 Å². The van der Waals surface area contributed by atoms with Crippen LogP contribution in [0.4, 0.5) is 18.0 Å². The molecule has 2 N–H and O–H groups in total. The monoisotopic (exact) mass is 552 g/mol. The van der Waals surface area contributed by atoms with Crippen molar-refractivity contribution >= 4 is 17.8 Å². The number of urea groups is 1. The number of carbonyl (C=O) groups excluding carboxylic acids is 3. The minimum absolute atomic E-state index is 0.156. The Balaban J connectivity index is 1.25. The smallest absolute Gasteiger partial charge is 0.325 e. The Kier molecular flexibility index (Phi) is 6.17. The lowest BCUT2D eigenvalue weighted by Crippen LogP contribution is -2.53. The number of benzene rings is 2. The molecule has 12 heteroatoms. The lowest BCUT2D eigenvalue weighted by molar-refractivity contribution is -0.146. The highest BCUT2D eigenvalue weighted by Gasteiger charge is 2.56. The maximum atomic E-state index is 14.7. The highest BCUT2D eigenvalue weighted by Crippen LogP contribution is 2.43. The van der Waals surface area contributed by atoms with Crippen molar-refractivity contribution in [1.29, 1.82) is 0 Å². The number of imide groups is 1. The number of nitrogens with one attached hydrogen (secondary N) is 2. The summed E-state index contributed by atoms with van der Waals surface area (Å²) in [5.74, 6) is -5.10. The Morgan fingerprint density at radius 3 is 2.60 bits per heavy atom. The lowest BCUT2D eigenvalue weighted by Gasteiger charge is -2.33. The molecule has 1 spiro atoms. The number of carbonyl (C=O) groups is 3. The zero-order chi connectivity index (χ0) is 28.2. The summed E-state index contributed by atoms with van der Waals surface area (Å²) >= 11 is 0. The summed E-state index contributed by atoms with van der Waals surface area (Å²) in [7, 11) is 1.82. The predicted molar refractivity (Wildman–Crippen MR) is 137 cm³/mol. The number of fused-ring (bicyclic) bond motifs is 2. The van der Waals surface area contributed by atoms with E-state index in [1.165, 1.54) is 24.3 Å². The number of nitrogens with zero attached hydrogens (tertiary/aromatic N) is 4. The van der Waals surface area contributed by atoms with E-state index in [-0.39, 0.29) is 13.1 Å². The number of alkyl halides is 2. The van der Waals surface area contributed by atoms with Gasteiger partial charge in [0, 0.05) is 31.9 Å². The van der Waals surface area contributed by atoms with Crippen LogP contribution in [-0.4, -0.2) is 69.0 Å². The number of hydrogen-bond donors (Lipinski definition) is 2. The minimum Gasteiger partial charge on any atom is -0.326 e. The standard InChI is InChI=1S/C28H27F3N6O3/c1-35-14-20(11-33-35)18-4-7-22-19(10-18)8-9-27(22)25(39)37(26(40)34-27)15-24(38)36(23-12-32-16-28(23,30)31)13-17-2-5-21(29)6-3-17/h2-7,10-11,14,23,32H,8-9,12-13,15-16H2,1H3,(H,34,40). The van der Waals surface area contributed by atoms with E-state index in [2.05, 4.69) is 15.7 Å². The molecule has 2 saturated heterocycles. The van der Waals surface area contributed by atoms with Crippen LogP contribution in [0.2, 0.25) is 0 Å². The predicted octanol–water partition coefficient (Wildman–Crippen LogP) is 2.56. The topological polar surface area (TPSA) is 99.6 Å². The Bertz CT molecular complexity index is 1510. The van der Waals surface area contributed by atoms with Crippen molar-refractivity contribution in [2.75, 3.05) is 19.6 Å². The highest BCUT2D eigenvalue weighted by molar-refractivity contribution is 6.10. The second-order valence-corrected chi connectivity index (χ2v) is 10.6. The SMILES string of the molecule is Cn1cc(-c2ccc3c(c2)CCC32NC(=O)N(CC(=O)N(Cc3ccc(F)cc3)C3CNCC3(F)F)C2=O)cn1. The van der Waals surface area contributed by atoms with Crippen LogP contribution in [0.3, 0.4) is 0 Å². The van der Waals surface area contributed by atoms with Crippen LogP contribution in [-0.2, 0) is 35.1 Å². The van der Waals surface area contributed by atoms with Gasteiger partial charge in [-0.25, -0.2) is 18.0 Å². The fraction of sp³-hybridized carbons (Fsp3) is 0.357. The average molecular weight is 553 g/mol. The summed E-state index contributed by atoms with van der Waals surface area (Å²) in [5, 5.41) is 9.58.